The fourth-order valence-corrected chi connectivity index (χ4v) is 3.43. The normalized spacial score (nSPS) is 12.6. The SMILES string of the molecule is CCCCCC(C)(C)CNS(=O)(=O)c1ccc(F)cc1N. The molecule has 0 aliphatic rings. The van der Waals surface area contributed by atoms with Crippen LogP contribution in [0.3, 0.4) is 0 Å². The molecule has 0 spiro atoms. The van der Waals surface area contributed by atoms with Crippen molar-refractivity contribution in [2.75, 3.05) is 12.3 Å². The zero-order valence-corrected chi connectivity index (χ0v) is 13.8. The highest BCUT2D eigenvalue weighted by Gasteiger charge is 2.23. The van der Waals surface area contributed by atoms with Gasteiger partial charge in [-0.05, 0) is 30.0 Å². The fourth-order valence-electron chi connectivity index (χ4n) is 2.07. The fraction of sp³-hybridized carbons (Fsp3) is 0.600. The van der Waals surface area contributed by atoms with E-state index in [0.717, 1.165) is 37.8 Å². The van der Waals surface area contributed by atoms with Crippen LogP contribution in [0.25, 0.3) is 0 Å². The third-order valence-electron chi connectivity index (χ3n) is 3.46. The summed E-state index contributed by atoms with van der Waals surface area (Å²) in [6.07, 6.45) is 4.29. The molecule has 21 heavy (non-hydrogen) atoms. The van der Waals surface area contributed by atoms with Crippen molar-refractivity contribution in [2.24, 2.45) is 5.41 Å². The standard InChI is InChI=1S/C15H25FN2O2S/c1-4-5-6-9-15(2,3)11-18-21(19,20)14-8-7-12(16)10-13(14)17/h7-8,10,18H,4-6,9,11,17H2,1-3H3. The molecule has 0 aliphatic heterocycles. The second-order valence-electron chi connectivity index (χ2n) is 6.13. The Labute approximate surface area is 127 Å². The minimum Gasteiger partial charge on any atom is -0.398 e. The molecule has 1 aromatic carbocycles. The van der Waals surface area contributed by atoms with E-state index in [2.05, 4.69) is 11.6 Å². The van der Waals surface area contributed by atoms with Crippen LogP contribution in [-0.2, 0) is 10.0 Å². The Bertz CT molecular complexity index is 571. The highest BCUT2D eigenvalue weighted by Crippen LogP contribution is 2.24. The molecule has 0 fully saturated rings. The van der Waals surface area contributed by atoms with Gasteiger partial charge < -0.3 is 5.73 Å². The Morgan fingerprint density at radius 3 is 2.52 bits per heavy atom. The van der Waals surface area contributed by atoms with Crippen molar-refractivity contribution in [1.29, 1.82) is 0 Å². The summed E-state index contributed by atoms with van der Waals surface area (Å²) in [5.41, 5.74) is 5.38. The Morgan fingerprint density at radius 2 is 1.95 bits per heavy atom. The molecular weight excluding hydrogens is 291 g/mol. The van der Waals surface area contributed by atoms with Crippen molar-refractivity contribution in [3.63, 3.8) is 0 Å². The van der Waals surface area contributed by atoms with Crippen LogP contribution in [0, 0.1) is 11.2 Å². The van der Waals surface area contributed by atoms with Gasteiger partial charge in [0.1, 0.15) is 10.7 Å². The molecule has 6 heteroatoms. The zero-order valence-electron chi connectivity index (χ0n) is 12.9. The molecule has 4 nitrogen and oxygen atoms in total. The monoisotopic (exact) mass is 316 g/mol. The Hall–Kier alpha value is -1.14. The lowest BCUT2D eigenvalue weighted by molar-refractivity contribution is 0.320. The maximum atomic E-state index is 13.0. The van der Waals surface area contributed by atoms with Gasteiger partial charge in [0.25, 0.3) is 0 Å². The van der Waals surface area contributed by atoms with Gasteiger partial charge >= 0.3 is 0 Å². The van der Waals surface area contributed by atoms with Gasteiger partial charge in [0, 0.05) is 6.54 Å². The number of nitrogens with two attached hydrogens (primary N) is 1. The van der Waals surface area contributed by atoms with E-state index in [9.17, 15) is 12.8 Å². The molecule has 0 heterocycles. The van der Waals surface area contributed by atoms with Crippen LogP contribution in [0.2, 0.25) is 0 Å². The number of nitrogen functional groups attached to an aromatic ring is 1. The minimum atomic E-state index is -3.71. The van der Waals surface area contributed by atoms with Crippen molar-refractivity contribution in [3.05, 3.63) is 24.0 Å². The van der Waals surface area contributed by atoms with Gasteiger partial charge in [0.05, 0.1) is 5.69 Å². The average molecular weight is 316 g/mol. The smallest absolute Gasteiger partial charge is 0.242 e. The number of sulfonamides is 1. The predicted molar refractivity (Wildman–Crippen MR) is 83.9 cm³/mol. The average Bonchev–Trinajstić information content (AvgIpc) is 2.36. The molecule has 0 unspecified atom stereocenters. The van der Waals surface area contributed by atoms with Crippen LogP contribution in [0.4, 0.5) is 10.1 Å². The molecule has 0 saturated carbocycles. The van der Waals surface area contributed by atoms with Crippen molar-refractivity contribution < 1.29 is 12.8 Å². The highest BCUT2D eigenvalue weighted by molar-refractivity contribution is 7.89. The van der Waals surface area contributed by atoms with Crippen molar-refractivity contribution >= 4 is 15.7 Å². The molecule has 0 atom stereocenters. The first-order chi connectivity index (χ1) is 9.68. The van der Waals surface area contributed by atoms with E-state index >= 15 is 0 Å². The first-order valence-electron chi connectivity index (χ1n) is 7.23. The van der Waals surface area contributed by atoms with Crippen LogP contribution < -0.4 is 10.5 Å². The summed E-state index contributed by atoms with van der Waals surface area (Å²) in [6.45, 7) is 6.52. The second kappa shape index (κ2) is 7.22. The van der Waals surface area contributed by atoms with E-state index in [0.29, 0.717) is 6.54 Å². The van der Waals surface area contributed by atoms with Gasteiger partial charge in [0.2, 0.25) is 10.0 Å². The van der Waals surface area contributed by atoms with Crippen LogP contribution in [0.5, 0.6) is 0 Å². The number of rotatable bonds is 8. The predicted octanol–water partition coefficient (Wildman–Crippen LogP) is 3.29. The first-order valence-corrected chi connectivity index (χ1v) is 8.71. The third-order valence-corrected chi connectivity index (χ3v) is 4.93. The van der Waals surface area contributed by atoms with Crippen molar-refractivity contribution in [1.82, 2.24) is 4.72 Å². The summed E-state index contributed by atoms with van der Waals surface area (Å²) >= 11 is 0. The second-order valence-corrected chi connectivity index (χ2v) is 7.86. The summed E-state index contributed by atoms with van der Waals surface area (Å²) in [4.78, 5) is -0.0757. The quantitative estimate of drug-likeness (QED) is 0.571. The van der Waals surface area contributed by atoms with E-state index in [4.69, 9.17) is 5.73 Å². The number of anilines is 1. The van der Waals surface area contributed by atoms with Gasteiger partial charge in [0.15, 0.2) is 0 Å². The molecule has 0 saturated heterocycles. The van der Waals surface area contributed by atoms with Gasteiger partial charge in [-0.15, -0.1) is 0 Å². The van der Waals surface area contributed by atoms with E-state index < -0.39 is 15.8 Å². The number of unbranched alkanes of at least 4 members (excludes halogenated alkanes) is 2. The van der Waals surface area contributed by atoms with E-state index in [1.165, 1.54) is 6.07 Å². The largest absolute Gasteiger partial charge is 0.398 e. The lowest BCUT2D eigenvalue weighted by Crippen LogP contribution is -2.34. The Kier molecular flexibility index (Phi) is 6.16. The molecule has 1 rings (SSSR count). The summed E-state index contributed by atoms with van der Waals surface area (Å²) in [5, 5.41) is 0. The maximum absolute atomic E-state index is 13.0. The molecule has 0 radical (unpaired) electrons. The summed E-state index contributed by atoms with van der Waals surface area (Å²) in [5.74, 6) is -0.550. The summed E-state index contributed by atoms with van der Waals surface area (Å²) in [6, 6.07) is 3.30. The molecule has 0 aliphatic carbocycles. The molecule has 1 aromatic rings. The Morgan fingerprint density at radius 1 is 1.29 bits per heavy atom. The van der Waals surface area contributed by atoms with Crippen LogP contribution >= 0.6 is 0 Å². The van der Waals surface area contributed by atoms with Crippen molar-refractivity contribution in [3.8, 4) is 0 Å². The maximum Gasteiger partial charge on any atom is 0.242 e. The van der Waals surface area contributed by atoms with E-state index in [1.807, 2.05) is 13.8 Å². The number of hydrogen-bond acceptors (Lipinski definition) is 3. The van der Waals surface area contributed by atoms with Gasteiger partial charge in [-0.3, -0.25) is 0 Å². The van der Waals surface area contributed by atoms with Crippen molar-refractivity contribution in [2.45, 2.75) is 51.3 Å². The van der Waals surface area contributed by atoms with E-state index in [1.54, 1.807) is 0 Å². The topological polar surface area (TPSA) is 72.2 Å². The number of benzene rings is 1. The lowest BCUT2D eigenvalue weighted by atomic mass is 9.87. The molecular formula is C15H25FN2O2S. The van der Waals surface area contributed by atoms with Crippen LogP contribution in [0.15, 0.2) is 23.1 Å². The van der Waals surface area contributed by atoms with E-state index in [-0.39, 0.29) is 16.0 Å². The number of halogens is 1. The first kappa shape index (κ1) is 17.9. The van der Waals surface area contributed by atoms with Gasteiger partial charge in [-0.25, -0.2) is 17.5 Å². The van der Waals surface area contributed by atoms with Gasteiger partial charge in [-0.2, -0.15) is 0 Å². The summed E-state index contributed by atoms with van der Waals surface area (Å²) < 4.78 is 40.0. The molecule has 0 aromatic heterocycles. The third kappa shape index (κ3) is 5.63. The van der Waals surface area contributed by atoms with Gasteiger partial charge in [-0.1, -0.05) is 40.0 Å². The Balaban J connectivity index is 2.72. The molecule has 0 bridgehead atoms. The number of hydrogen-bond donors (Lipinski definition) is 2. The highest BCUT2D eigenvalue weighted by atomic mass is 32.2. The molecule has 120 valence electrons. The minimum absolute atomic E-state index is 0.0757. The summed E-state index contributed by atoms with van der Waals surface area (Å²) in [7, 11) is -3.71. The molecule has 0 amide bonds. The van der Waals surface area contributed by atoms with Crippen LogP contribution in [0.1, 0.15) is 46.5 Å². The number of nitrogens with one attached hydrogen (secondary N) is 1. The lowest BCUT2D eigenvalue weighted by Gasteiger charge is -2.25. The molecule has 3 N–H and O–H groups in total. The zero-order chi connectivity index (χ0) is 16.1. The van der Waals surface area contributed by atoms with Crippen LogP contribution in [-0.4, -0.2) is 15.0 Å².